The molecular formula is C13H13N5O3. The monoisotopic (exact) mass is 287 g/mol. The van der Waals surface area contributed by atoms with Crippen LogP contribution in [-0.2, 0) is 0 Å². The number of aromatic nitrogens is 2. The van der Waals surface area contributed by atoms with Gasteiger partial charge < -0.3 is 16.2 Å². The number of hydrogen-bond acceptors (Lipinski definition) is 5. The highest BCUT2D eigenvalue weighted by Crippen LogP contribution is 2.21. The predicted molar refractivity (Wildman–Crippen MR) is 76.9 cm³/mol. The van der Waals surface area contributed by atoms with E-state index >= 15 is 0 Å². The Balaban J connectivity index is 2.42. The lowest BCUT2D eigenvalue weighted by molar-refractivity contribution is 0.0959. The molecule has 0 unspecified atom stereocenters. The lowest BCUT2D eigenvalue weighted by atomic mass is 10.1. The number of nitrogens with zero attached hydrogens (tertiary/aromatic N) is 2. The SMILES string of the molecule is CNC(=O)c1nc(-c2cccc(NC(=O)O)c2)cnc1N. The van der Waals surface area contributed by atoms with E-state index in [-0.39, 0.29) is 11.5 Å². The van der Waals surface area contributed by atoms with Gasteiger partial charge in [0.15, 0.2) is 11.5 Å². The van der Waals surface area contributed by atoms with Gasteiger partial charge in [0.25, 0.3) is 5.91 Å². The molecule has 21 heavy (non-hydrogen) atoms. The minimum absolute atomic E-state index is 0.0200. The van der Waals surface area contributed by atoms with Gasteiger partial charge in [0, 0.05) is 18.3 Å². The molecule has 0 aliphatic rings. The molecule has 1 aromatic heterocycles. The Bertz CT molecular complexity index is 702. The van der Waals surface area contributed by atoms with E-state index in [9.17, 15) is 9.59 Å². The number of nitrogens with one attached hydrogen (secondary N) is 2. The maximum absolute atomic E-state index is 11.6. The molecule has 0 bridgehead atoms. The second-order valence-corrected chi connectivity index (χ2v) is 4.08. The molecule has 2 rings (SSSR count). The van der Waals surface area contributed by atoms with Crippen LogP contribution in [0.3, 0.4) is 0 Å². The van der Waals surface area contributed by atoms with Crippen molar-refractivity contribution in [1.29, 1.82) is 0 Å². The summed E-state index contributed by atoms with van der Waals surface area (Å²) < 4.78 is 0. The number of carbonyl (C=O) groups is 2. The summed E-state index contributed by atoms with van der Waals surface area (Å²) in [6, 6.07) is 6.57. The van der Waals surface area contributed by atoms with Gasteiger partial charge in [0.2, 0.25) is 0 Å². The Morgan fingerprint density at radius 3 is 2.76 bits per heavy atom. The Morgan fingerprint density at radius 1 is 1.33 bits per heavy atom. The number of carbonyl (C=O) groups excluding carboxylic acids is 1. The number of rotatable bonds is 3. The smallest absolute Gasteiger partial charge is 0.409 e. The lowest BCUT2D eigenvalue weighted by Crippen LogP contribution is -2.21. The largest absolute Gasteiger partial charge is 0.465 e. The summed E-state index contributed by atoms with van der Waals surface area (Å²) in [5.74, 6) is -0.417. The molecule has 0 radical (unpaired) electrons. The first-order chi connectivity index (χ1) is 10.0. The van der Waals surface area contributed by atoms with Crippen LogP contribution in [0.25, 0.3) is 11.3 Å². The van der Waals surface area contributed by atoms with Gasteiger partial charge in [-0.3, -0.25) is 10.1 Å². The Kier molecular flexibility index (Phi) is 3.98. The van der Waals surface area contributed by atoms with Crippen molar-refractivity contribution in [2.75, 3.05) is 18.1 Å². The van der Waals surface area contributed by atoms with Crippen LogP contribution in [-0.4, -0.2) is 34.1 Å². The zero-order valence-corrected chi connectivity index (χ0v) is 11.1. The number of benzene rings is 1. The molecular weight excluding hydrogens is 274 g/mol. The van der Waals surface area contributed by atoms with Gasteiger partial charge in [0.1, 0.15) is 0 Å². The molecule has 0 saturated carbocycles. The van der Waals surface area contributed by atoms with Crippen molar-refractivity contribution in [1.82, 2.24) is 15.3 Å². The first-order valence-electron chi connectivity index (χ1n) is 5.96. The molecule has 108 valence electrons. The minimum Gasteiger partial charge on any atom is -0.465 e. The predicted octanol–water partition coefficient (Wildman–Crippen LogP) is 1.18. The quantitative estimate of drug-likeness (QED) is 0.670. The standard InChI is InChI=1S/C13H13N5O3/c1-15-12(19)10-11(14)16-6-9(18-10)7-3-2-4-8(5-7)17-13(20)21/h2-6,17H,1H3,(H2,14,16)(H,15,19)(H,20,21). The van der Waals surface area contributed by atoms with Crippen molar-refractivity contribution in [3.05, 3.63) is 36.2 Å². The van der Waals surface area contributed by atoms with Crippen LogP contribution >= 0.6 is 0 Å². The molecule has 1 heterocycles. The normalized spacial score (nSPS) is 9.95. The molecule has 0 aliphatic heterocycles. The van der Waals surface area contributed by atoms with Gasteiger partial charge in [-0.25, -0.2) is 14.8 Å². The average Bonchev–Trinajstić information content (AvgIpc) is 2.46. The summed E-state index contributed by atoms with van der Waals surface area (Å²) in [5.41, 5.74) is 7.05. The van der Waals surface area contributed by atoms with Gasteiger partial charge >= 0.3 is 6.09 Å². The number of anilines is 2. The van der Waals surface area contributed by atoms with Crippen LogP contribution in [0, 0.1) is 0 Å². The van der Waals surface area contributed by atoms with E-state index in [0.29, 0.717) is 16.9 Å². The molecule has 5 N–H and O–H groups in total. The van der Waals surface area contributed by atoms with E-state index in [1.54, 1.807) is 24.3 Å². The number of nitrogens with two attached hydrogens (primary N) is 1. The van der Waals surface area contributed by atoms with E-state index in [4.69, 9.17) is 10.8 Å². The highest BCUT2D eigenvalue weighted by Gasteiger charge is 2.13. The Morgan fingerprint density at radius 2 is 2.10 bits per heavy atom. The highest BCUT2D eigenvalue weighted by atomic mass is 16.4. The number of amides is 2. The van der Waals surface area contributed by atoms with Crippen LogP contribution in [0.2, 0.25) is 0 Å². The maximum atomic E-state index is 11.6. The zero-order valence-electron chi connectivity index (χ0n) is 11.1. The van der Waals surface area contributed by atoms with Gasteiger partial charge in [-0.15, -0.1) is 0 Å². The van der Waals surface area contributed by atoms with Crippen LogP contribution in [0.1, 0.15) is 10.5 Å². The van der Waals surface area contributed by atoms with Crippen LogP contribution in [0.5, 0.6) is 0 Å². The molecule has 0 aliphatic carbocycles. The van der Waals surface area contributed by atoms with Crippen molar-refractivity contribution < 1.29 is 14.7 Å². The fraction of sp³-hybridized carbons (Fsp3) is 0.0769. The first kappa shape index (κ1) is 14.3. The van der Waals surface area contributed by atoms with Crippen LogP contribution in [0.15, 0.2) is 30.5 Å². The molecule has 8 nitrogen and oxygen atoms in total. The first-order valence-corrected chi connectivity index (χ1v) is 5.96. The topological polar surface area (TPSA) is 130 Å². The number of hydrogen-bond donors (Lipinski definition) is 4. The summed E-state index contributed by atoms with van der Waals surface area (Å²) in [4.78, 5) is 30.4. The zero-order chi connectivity index (χ0) is 15.4. The van der Waals surface area contributed by atoms with E-state index < -0.39 is 12.0 Å². The summed E-state index contributed by atoms with van der Waals surface area (Å²) in [6.07, 6.45) is 0.253. The van der Waals surface area contributed by atoms with Crippen molar-refractivity contribution in [2.24, 2.45) is 0 Å². The fourth-order valence-electron chi connectivity index (χ4n) is 1.70. The van der Waals surface area contributed by atoms with Gasteiger partial charge in [-0.05, 0) is 12.1 Å². The average molecular weight is 287 g/mol. The van der Waals surface area contributed by atoms with Gasteiger partial charge in [0.05, 0.1) is 11.9 Å². The molecule has 0 spiro atoms. The summed E-state index contributed by atoms with van der Waals surface area (Å²) in [6.45, 7) is 0. The summed E-state index contributed by atoms with van der Waals surface area (Å²) >= 11 is 0. The highest BCUT2D eigenvalue weighted by molar-refractivity contribution is 5.96. The summed E-state index contributed by atoms with van der Waals surface area (Å²) in [5, 5.41) is 13.4. The molecule has 0 saturated heterocycles. The van der Waals surface area contributed by atoms with E-state index in [1.165, 1.54) is 13.2 Å². The lowest BCUT2D eigenvalue weighted by Gasteiger charge is -2.07. The van der Waals surface area contributed by atoms with E-state index in [1.807, 2.05) is 0 Å². The third-order valence-corrected chi connectivity index (χ3v) is 2.65. The van der Waals surface area contributed by atoms with Crippen LogP contribution < -0.4 is 16.4 Å². The Labute approximate surface area is 120 Å². The Hall–Kier alpha value is -3.16. The maximum Gasteiger partial charge on any atom is 0.409 e. The second-order valence-electron chi connectivity index (χ2n) is 4.08. The van der Waals surface area contributed by atoms with Crippen LogP contribution in [0.4, 0.5) is 16.3 Å². The third-order valence-electron chi connectivity index (χ3n) is 2.65. The van der Waals surface area contributed by atoms with Gasteiger partial charge in [-0.2, -0.15) is 0 Å². The molecule has 0 fully saturated rings. The molecule has 0 atom stereocenters. The summed E-state index contributed by atoms with van der Waals surface area (Å²) in [7, 11) is 1.47. The fourth-order valence-corrected chi connectivity index (χ4v) is 1.70. The number of carboxylic acid groups (broad SMARTS) is 1. The second kappa shape index (κ2) is 5.87. The van der Waals surface area contributed by atoms with Crippen molar-refractivity contribution in [2.45, 2.75) is 0 Å². The van der Waals surface area contributed by atoms with Gasteiger partial charge in [-0.1, -0.05) is 12.1 Å². The molecule has 2 amide bonds. The third kappa shape index (κ3) is 3.24. The molecule has 2 aromatic rings. The van der Waals surface area contributed by atoms with E-state index in [0.717, 1.165) is 0 Å². The van der Waals surface area contributed by atoms with Crippen molar-refractivity contribution >= 4 is 23.5 Å². The van der Waals surface area contributed by atoms with Crippen molar-refractivity contribution in [3.8, 4) is 11.3 Å². The number of nitrogen functional groups attached to an aromatic ring is 1. The van der Waals surface area contributed by atoms with E-state index in [2.05, 4.69) is 20.6 Å². The minimum atomic E-state index is -1.17. The molecule has 1 aromatic carbocycles. The molecule has 8 heteroatoms. The van der Waals surface area contributed by atoms with Crippen molar-refractivity contribution in [3.63, 3.8) is 0 Å².